The Morgan fingerprint density at radius 3 is 2.61 bits per heavy atom. The minimum absolute atomic E-state index is 0.181. The van der Waals surface area contributed by atoms with Gasteiger partial charge in [0.25, 0.3) is 5.56 Å². The average molecular weight is 313 g/mol. The Morgan fingerprint density at radius 1 is 1.22 bits per heavy atom. The summed E-state index contributed by atoms with van der Waals surface area (Å²) < 4.78 is 1.39. The Morgan fingerprint density at radius 2 is 1.96 bits per heavy atom. The van der Waals surface area contributed by atoms with Gasteiger partial charge in [-0.05, 0) is 43.5 Å². The third kappa shape index (κ3) is 3.26. The molecule has 0 spiro atoms. The Kier molecular flexibility index (Phi) is 4.14. The quantitative estimate of drug-likeness (QED) is 0.936. The summed E-state index contributed by atoms with van der Waals surface area (Å²) in [5, 5.41) is 13.5. The first-order chi connectivity index (χ1) is 11.0. The van der Waals surface area contributed by atoms with E-state index in [1.807, 2.05) is 36.1 Å². The molecule has 0 atom stereocenters. The van der Waals surface area contributed by atoms with E-state index in [0.29, 0.717) is 31.7 Å². The van der Waals surface area contributed by atoms with E-state index in [0.717, 1.165) is 11.3 Å². The van der Waals surface area contributed by atoms with Crippen LogP contribution in [-0.4, -0.2) is 33.9 Å². The zero-order valence-electron chi connectivity index (χ0n) is 13.0. The van der Waals surface area contributed by atoms with Crippen molar-refractivity contribution in [1.82, 2.24) is 9.78 Å². The highest BCUT2D eigenvalue weighted by atomic mass is 16.4. The molecule has 1 aromatic heterocycles. The number of benzene rings is 1. The van der Waals surface area contributed by atoms with Gasteiger partial charge in [-0.15, -0.1) is 5.10 Å². The summed E-state index contributed by atoms with van der Waals surface area (Å²) in [6.45, 7) is 3.24. The largest absolute Gasteiger partial charge is 0.481 e. The second-order valence-electron chi connectivity index (χ2n) is 5.88. The van der Waals surface area contributed by atoms with E-state index in [2.05, 4.69) is 5.10 Å². The minimum Gasteiger partial charge on any atom is -0.481 e. The van der Waals surface area contributed by atoms with Crippen molar-refractivity contribution < 1.29 is 9.90 Å². The molecule has 0 aliphatic carbocycles. The molecule has 1 N–H and O–H groups in total. The maximum atomic E-state index is 12.1. The number of hydrogen-bond donors (Lipinski definition) is 1. The van der Waals surface area contributed by atoms with E-state index < -0.39 is 5.97 Å². The van der Waals surface area contributed by atoms with Gasteiger partial charge in [0.05, 0.1) is 11.6 Å². The number of carbonyl (C=O) groups is 1. The van der Waals surface area contributed by atoms with Gasteiger partial charge in [-0.1, -0.05) is 12.1 Å². The highest BCUT2D eigenvalue weighted by Gasteiger charge is 2.25. The molecule has 1 aromatic carbocycles. The number of piperidine rings is 1. The Balaban J connectivity index is 1.87. The van der Waals surface area contributed by atoms with Crippen LogP contribution in [0.15, 0.2) is 41.2 Å². The average Bonchev–Trinajstić information content (AvgIpc) is 2.55. The molecule has 2 heterocycles. The summed E-state index contributed by atoms with van der Waals surface area (Å²) in [4.78, 5) is 25.2. The molecule has 0 unspecified atom stereocenters. The van der Waals surface area contributed by atoms with Crippen LogP contribution in [0.1, 0.15) is 18.4 Å². The number of carboxylic acids is 1. The van der Waals surface area contributed by atoms with Gasteiger partial charge in [0.2, 0.25) is 0 Å². The van der Waals surface area contributed by atoms with Gasteiger partial charge in [0.15, 0.2) is 0 Å². The molecule has 1 saturated heterocycles. The van der Waals surface area contributed by atoms with Crippen molar-refractivity contribution in [3.8, 4) is 5.69 Å². The summed E-state index contributed by atoms with van der Waals surface area (Å²) >= 11 is 0. The van der Waals surface area contributed by atoms with E-state index in [1.54, 1.807) is 6.07 Å². The van der Waals surface area contributed by atoms with Crippen LogP contribution in [0.2, 0.25) is 0 Å². The van der Waals surface area contributed by atoms with Gasteiger partial charge in [0, 0.05) is 19.2 Å². The topological polar surface area (TPSA) is 75.4 Å². The molecule has 1 aliphatic rings. The molecular formula is C17H19N3O3. The molecule has 2 aromatic rings. The van der Waals surface area contributed by atoms with Gasteiger partial charge in [0.1, 0.15) is 5.82 Å². The Bertz CT molecular complexity index is 777. The molecule has 0 saturated carbocycles. The standard InChI is InChI=1S/C17H19N3O3/c1-12-3-2-4-14(11-12)20-16(21)6-5-15(18-20)19-9-7-13(8-10-19)17(22)23/h2-6,11,13H,7-10H2,1H3,(H,22,23). The first kappa shape index (κ1) is 15.3. The number of anilines is 1. The van der Waals surface area contributed by atoms with Crippen molar-refractivity contribution in [2.75, 3.05) is 18.0 Å². The molecule has 6 nitrogen and oxygen atoms in total. The summed E-state index contributed by atoms with van der Waals surface area (Å²) in [5.74, 6) is -0.314. The number of rotatable bonds is 3. The van der Waals surface area contributed by atoms with Gasteiger partial charge in [-0.2, -0.15) is 4.68 Å². The lowest BCUT2D eigenvalue weighted by molar-refractivity contribution is -0.142. The minimum atomic E-state index is -0.734. The number of carboxylic acid groups (broad SMARTS) is 1. The van der Waals surface area contributed by atoms with Crippen molar-refractivity contribution >= 4 is 11.8 Å². The van der Waals surface area contributed by atoms with Gasteiger partial charge >= 0.3 is 5.97 Å². The highest BCUT2D eigenvalue weighted by molar-refractivity contribution is 5.70. The van der Waals surface area contributed by atoms with Gasteiger partial charge in [-0.3, -0.25) is 9.59 Å². The predicted molar refractivity (Wildman–Crippen MR) is 87.1 cm³/mol. The SMILES string of the molecule is Cc1cccc(-n2nc(N3CCC(C(=O)O)CC3)ccc2=O)c1. The summed E-state index contributed by atoms with van der Waals surface area (Å²) in [5.41, 5.74) is 1.61. The molecule has 120 valence electrons. The third-order valence-corrected chi connectivity index (χ3v) is 4.20. The van der Waals surface area contributed by atoms with Crippen molar-refractivity contribution in [3.63, 3.8) is 0 Å². The second kappa shape index (κ2) is 6.24. The van der Waals surface area contributed by atoms with E-state index in [4.69, 9.17) is 5.11 Å². The molecule has 3 rings (SSSR count). The lowest BCUT2D eigenvalue weighted by Gasteiger charge is -2.31. The number of aromatic nitrogens is 2. The highest BCUT2D eigenvalue weighted by Crippen LogP contribution is 2.21. The Hall–Kier alpha value is -2.63. The fourth-order valence-electron chi connectivity index (χ4n) is 2.87. The molecule has 0 radical (unpaired) electrons. The van der Waals surface area contributed by atoms with Crippen molar-refractivity contribution in [2.45, 2.75) is 19.8 Å². The second-order valence-corrected chi connectivity index (χ2v) is 5.88. The van der Waals surface area contributed by atoms with Gasteiger partial charge in [-0.25, -0.2) is 0 Å². The van der Waals surface area contributed by atoms with Gasteiger partial charge < -0.3 is 10.0 Å². The molecular weight excluding hydrogens is 294 g/mol. The lowest BCUT2D eigenvalue weighted by atomic mass is 9.97. The fraction of sp³-hybridized carbons (Fsp3) is 0.353. The molecule has 0 bridgehead atoms. The third-order valence-electron chi connectivity index (χ3n) is 4.20. The maximum absolute atomic E-state index is 12.1. The van der Waals surface area contributed by atoms with Crippen LogP contribution in [0.5, 0.6) is 0 Å². The predicted octanol–water partition coefficient (Wildman–Crippen LogP) is 1.84. The van der Waals surface area contributed by atoms with Crippen LogP contribution in [-0.2, 0) is 4.79 Å². The monoisotopic (exact) mass is 313 g/mol. The molecule has 0 amide bonds. The first-order valence-electron chi connectivity index (χ1n) is 7.70. The van der Waals surface area contributed by atoms with E-state index in [9.17, 15) is 9.59 Å². The molecule has 23 heavy (non-hydrogen) atoms. The zero-order valence-corrected chi connectivity index (χ0v) is 13.0. The van der Waals surface area contributed by atoms with Crippen molar-refractivity contribution in [2.24, 2.45) is 5.92 Å². The molecule has 1 aliphatic heterocycles. The molecule has 1 fully saturated rings. The Labute approximate surface area is 134 Å². The first-order valence-corrected chi connectivity index (χ1v) is 7.70. The lowest BCUT2D eigenvalue weighted by Crippen LogP contribution is -2.37. The zero-order chi connectivity index (χ0) is 16.4. The number of aryl methyl sites for hydroxylation is 1. The number of aliphatic carboxylic acids is 1. The summed E-state index contributed by atoms with van der Waals surface area (Å²) in [6.07, 6.45) is 1.20. The number of hydrogen-bond acceptors (Lipinski definition) is 4. The van der Waals surface area contributed by atoms with Crippen LogP contribution in [0.4, 0.5) is 5.82 Å². The van der Waals surface area contributed by atoms with Crippen LogP contribution in [0.3, 0.4) is 0 Å². The summed E-state index contributed by atoms with van der Waals surface area (Å²) in [6, 6.07) is 10.8. The smallest absolute Gasteiger partial charge is 0.306 e. The maximum Gasteiger partial charge on any atom is 0.306 e. The van der Waals surface area contributed by atoms with E-state index >= 15 is 0 Å². The van der Waals surface area contributed by atoms with Crippen LogP contribution in [0.25, 0.3) is 5.69 Å². The van der Waals surface area contributed by atoms with Crippen molar-refractivity contribution in [1.29, 1.82) is 0 Å². The molecule has 6 heteroatoms. The van der Waals surface area contributed by atoms with Crippen LogP contribution in [0, 0.1) is 12.8 Å². The normalized spacial score (nSPS) is 15.6. The summed E-state index contributed by atoms with van der Waals surface area (Å²) in [7, 11) is 0. The van der Waals surface area contributed by atoms with Crippen LogP contribution < -0.4 is 10.5 Å². The fourth-order valence-corrected chi connectivity index (χ4v) is 2.87. The van der Waals surface area contributed by atoms with Crippen molar-refractivity contribution in [3.05, 3.63) is 52.3 Å². The van der Waals surface area contributed by atoms with E-state index in [-0.39, 0.29) is 11.5 Å². The number of nitrogens with zero attached hydrogens (tertiary/aromatic N) is 3. The van der Waals surface area contributed by atoms with Crippen LogP contribution >= 0.6 is 0 Å². The van der Waals surface area contributed by atoms with E-state index in [1.165, 1.54) is 10.7 Å².